The third-order valence-electron chi connectivity index (χ3n) is 11.4. The lowest BCUT2D eigenvalue weighted by molar-refractivity contribution is 0.517. The van der Waals surface area contributed by atoms with Gasteiger partial charge in [-0.2, -0.15) is 0 Å². The van der Waals surface area contributed by atoms with Crippen molar-refractivity contribution in [3.63, 3.8) is 0 Å². The van der Waals surface area contributed by atoms with E-state index in [0.717, 1.165) is 51.1 Å². The molecular weight excluding hydrogens is 717 g/mol. The van der Waals surface area contributed by atoms with Gasteiger partial charge in [0.15, 0.2) is 17.5 Å². The van der Waals surface area contributed by atoms with Crippen LogP contribution in [0.3, 0.4) is 0 Å². The number of nitrogens with zero attached hydrogens (tertiary/aromatic N) is 4. The second kappa shape index (κ2) is 12.7. The van der Waals surface area contributed by atoms with Crippen LogP contribution in [0, 0.1) is 0 Å². The molecule has 1 unspecified atom stereocenters. The van der Waals surface area contributed by atoms with Crippen molar-refractivity contribution >= 4 is 70.4 Å². The lowest BCUT2D eigenvalue weighted by Crippen LogP contribution is -2.03. The molecule has 0 radical (unpaired) electrons. The van der Waals surface area contributed by atoms with Crippen LogP contribution < -0.4 is 0 Å². The molecule has 0 aliphatic heterocycles. The predicted octanol–water partition coefficient (Wildman–Crippen LogP) is 13.6. The van der Waals surface area contributed by atoms with Crippen molar-refractivity contribution in [2.24, 2.45) is 0 Å². The molecule has 0 amide bonds. The van der Waals surface area contributed by atoms with E-state index in [1.54, 1.807) is 0 Å². The topological polar surface area (TPSA) is 56.7 Å². The maximum absolute atomic E-state index is 7.04. The molecule has 1 atom stereocenters. The van der Waals surface area contributed by atoms with E-state index in [2.05, 4.69) is 120 Å². The zero-order valence-corrected chi connectivity index (χ0v) is 31.4. The number of benzene rings is 7. The summed E-state index contributed by atoms with van der Waals surface area (Å²) in [6.07, 6.45) is 5.35. The van der Waals surface area contributed by atoms with Crippen LogP contribution in [-0.4, -0.2) is 19.5 Å². The highest BCUT2D eigenvalue weighted by Crippen LogP contribution is 2.46. The fraction of sp³-hybridized carbons (Fsp3) is 0.0392. The first kappa shape index (κ1) is 32.1. The van der Waals surface area contributed by atoms with Crippen LogP contribution >= 0.6 is 11.3 Å². The second-order valence-electron chi connectivity index (χ2n) is 14.7. The third kappa shape index (κ3) is 5.04. The number of rotatable bonds is 5. The normalized spacial score (nSPS) is 14.0. The Bertz CT molecular complexity index is 3320. The molecule has 1 aliphatic carbocycles. The SMILES string of the molecule is C1=Cc2c(oc3c(-c4nc(-c5ccccc5)nc(-c5ccccc5)n4)cccc23)C(c2ccc3c(c2)c2ccc4c5ccccc5sc4c2n3-c2ccccc2)C1. The van der Waals surface area contributed by atoms with Crippen LogP contribution in [0.4, 0.5) is 0 Å². The monoisotopic (exact) mass is 748 g/mol. The van der Waals surface area contributed by atoms with Gasteiger partial charge in [0.05, 0.1) is 21.3 Å². The van der Waals surface area contributed by atoms with Gasteiger partial charge >= 0.3 is 0 Å². The zero-order valence-electron chi connectivity index (χ0n) is 30.6. The van der Waals surface area contributed by atoms with Crippen LogP contribution in [0.25, 0.3) is 98.9 Å². The van der Waals surface area contributed by atoms with Gasteiger partial charge in [-0.25, -0.2) is 15.0 Å². The van der Waals surface area contributed by atoms with Crippen molar-refractivity contribution in [1.29, 1.82) is 0 Å². The average molecular weight is 749 g/mol. The summed E-state index contributed by atoms with van der Waals surface area (Å²) >= 11 is 1.88. The van der Waals surface area contributed by atoms with Crippen LogP contribution in [0.5, 0.6) is 0 Å². The van der Waals surface area contributed by atoms with Gasteiger partial charge in [-0.05, 0) is 48.4 Å². The van der Waals surface area contributed by atoms with E-state index in [1.807, 2.05) is 72.0 Å². The summed E-state index contributed by atoms with van der Waals surface area (Å²) < 4.78 is 12.1. The summed E-state index contributed by atoms with van der Waals surface area (Å²) in [5, 5.41) is 6.16. The number of fused-ring (bicyclic) bond motifs is 10. The fourth-order valence-corrected chi connectivity index (χ4v) is 10.0. The molecule has 0 fully saturated rings. The van der Waals surface area contributed by atoms with Gasteiger partial charge in [-0.15, -0.1) is 11.3 Å². The minimum atomic E-state index is 0.0379. The molecule has 11 aromatic rings. The van der Waals surface area contributed by atoms with Crippen molar-refractivity contribution in [1.82, 2.24) is 19.5 Å². The molecule has 5 nitrogen and oxygen atoms in total. The van der Waals surface area contributed by atoms with E-state index in [1.165, 1.54) is 47.5 Å². The molecule has 0 saturated carbocycles. The Morgan fingerprint density at radius 2 is 1.23 bits per heavy atom. The molecule has 0 spiro atoms. The molecule has 0 bridgehead atoms. The molecule has 6 heteroatoms. The van der Waals surface area contributed by atoms with Gasteiger partial charge < -0.3 is 8.98 Å². The van der Waals surface area contributed by atoms with Gasteiger partial charge in [0.25, 0.3) is 0 Å². The Morgan fingerprint density at radius 1 is 0.561 bits per heavy atom. The Hall–Kier alpha value is -7.15. The third-order valence-corrected chi connectivity index (χ3v) is 12.6. The second-order valence-corrected chi connectivity index (χ2v) is 15.7. The largest absolute Gasteiger partial charge is 0.459 e. The van der Waals surface area contributed by atoms with Crippen molar-refractivity contribution < 1.29 is 4.42 Å². The van der Waals surface area contributed by atoms with E-state index in [4.69, 9.17) is 19.4 Å². The first-order valence-corrected chi connectivity index (χ1v) is 20.1. The van der Waals surface area contributed by atoms with E-state index in [0.29, 0.717) is 17.5 Å². The predicted molar refractivity (Wildman–Crippen MR) is 235 cm³/mol. The van der Waals surface area contributed by atoms with Gasteiger partial charge in [0.1, 0.15) is 11.3 Å². The van der Waals surface area contributed by atoms with E-state index in [-0.39, 0.29) is 5.92 Å². The summed E-state index contributed by atoms with van der Waals surface area (Å²) in [5.74, 6) is 2.85. The first-order chi connectivity index (χ1) is 28.3. The van der Waals surface area contributed by atoms with Crippen molar-refractivity contribution in [3.05, 3.63) is 187 Å². The Balaban J connectivity index is 1.04. The number of para-hydroxylation sites is 2. The Morgan fingerprint density at radius 3 is 2.00 bits per heavy atom. The molecule has 0 saturated heterocycles. The standard InChI is InChI=1S/C51H32N4OS/c1-4-14-31(15-5-1)49-52-50(32-16-6-2-7-17-32)54-51(53-49)41-24-13-23-39-38-22-12-21-35(46(38)56-47(39)41)33-26-29-43-42(30-33)37-27-28-40-36-20-10-11-25-44(36)57-48(40)45(37)55(43)34-18-8-3-9-19-34/h1-20,22-30,35H,21H2. The Kier molecular flexibility index (Phi) is 7.16. The van der Waals surface area contributed by atoms with E-state index >= 15 is 0 Å². The number of hydrogen-bond acceptors (Lipinski definition) is 5. The molecule has 7 aromatic carbocycles. The molecule has 4 heterocycles. The molecule has 0 N–H and O–H groups in total. The highest BCUT2D eigenvalue weighted by molar-refractivity contribution is 7.26. The number of hydrogen-bond donors (Lipinski definition) is 0. The van der Waals surface area contributed by atoms with Crippen LogP contribution in [0.2, 0.25) is 0 Å². The minimum Gasteiger partial charge on any atom is -0.459 e. The summed E-state index contributed by atoms with van der Waals surface area (Å²) in [7, 11) is 0. The van der Waals surface area contributed by atoms with E-state index in [9.17, 15) is 0 Å². The first-order valence-electron chi connectivity index (χ1n) is 19.3. The lowest BCUT2D eigenvalue weighted by Gasteiger charge is -2.18. The molecule has 1 aliphatic rings. The number of allylic oxidation sites excluding steroid dienone is 1. The maximum Gasteiger partial charge on any atom is 0.167 e. The quantitative estimate of drug-likeness (QED) is 0.176. The molecule has 268 valence electrons. The van der Waals surface area contributed by atoms with Gasteiger partial charge in [0.2, 0.25) is 0 Å². The van der Waals surface area contributed by atoms with Crippen LogP contribution in [0.1, 0.15) is 29.2 Å². The van der Waals surface area contributed by atoms with Crippen molar-refractivity contribution in [2.45, 2.75) is 12.3 Å². The highest BCUT2D eigenvalue weighted by Gasteiger charge is 2.28. The maximum atomic E-state index is 7.04. The van der Waals surface area contributed by atoms with Gasteiger partial charge in [-0.1, -0.05) is 140 Å². The summed E-state index contributed by atoms with van der Waals surface area (Å²) in [5.41, 5.74) is 9.46. The lowest BCUT2D eigenvalue weighted by atomic mass is 9.86. The Labute approximate surface area is 331 Å². The van der Waals surface area contributed by atoms with Gasteiger partial charge in [0, 0.05) is 59.9 Å². The summed E-state index contributed by atoms with van der Waals surface area (Å²) in [6, 6.07) is 57.6. The zero-order chi connectivity index (χ0) is 37.5. The van der Waals surface area contributed by atoms with E-state index < -0.39 is 0 Å². The van der Waals surface area contributed by atoms with Gasteiger partial charge in [-0.3, -0.25) is 0 Å². The fourth-order valence-electron chi connectivity index (χ4n) is 8.77. The summed E-state index contributed by atoms with van der Waals surface area (Å²) in [6.45, 7) is 0. The number of aromatic nitrogens is 4. The smallest absolute Gasteiger partial charge is 0.167 e. The van der Waals surface area contributed by atoms with Crippen molar-refractivity contribution in [2.75, 3.05) is 0 Å². The van der Waals surface area contributed by atoms with Crippen LogP contribution in [0.15, 0.2) is 174 Å². The van der Waals surface area contributed by atoms with Crippen LogP contribution in [-0.2, 0) is 0 Å². The molecule has 57 heavy (non-hydrogen) atoms. The average Bonchev–Trinajstić information content (AvgIpc) is 3.97. The molecular formula is C51H32N4OS. The van der Waals surface area contributed by atoms with Crippen molar-refractivity contribution in [3.8, 4) is 39.9 Å². The highest BCUT2D eigenvalue weighted by atomic mass is 32.1. The number of furan rings is 1. The summed E-state index contributed by atoms with van der Waals surface area (Å²) in [4.78, 5) is 15.0. The minimum absolute atomic E-state index is 0.0379. The number of thiophene rings is 1. The molecule has 12 rings (SSSR count). The molecule has 4 aromatic heterocycles.